The molecular formula is C9H16N2O2. The molecule has 0 fully saturated rings. The van der Waals surface area contributed by atoms with Crippen molar-refractivity contribution in [3.8, 4) is 0 Å². The van der Waals surface area contributed by atoms with Gasteiger partial charge in [0.2, 0.25) is 5.91 Å². The number of carbonyl (C=O) groups excluding carboxylic acids is 1. The number of amides is 1. The van der Waals surface area contributed by atoms with Crippen LogP contribution < -0.4 is 0 Å². The Kier molecular flexibility index (Phi) is 2.20. The Morgan fingerprint density at radius 1 is 1.62 bits per heavy atom. The molecule has 0 aromatic rings. The van der Waals surface area contributed by atoms with Gasteiger partial charge >= 0.3 is 0 Å². The number of nitrogens with zero attached hydrogens (tertiary/aromatic N) is 2. The molecule has 4 nitrogen and oxygen atoms in total. The van der Waals surface area contributed by atoms with Crippen LogP contribution in [0.5, 0.6) is 0 Å². The van der Waals surface area contributed by atoms with Crippen LogP contribution >= 0.6 is 0 Å². The number of hydrogen-bond donors (Lipinski definition) is 1. The lowest BCUT2D eigenvalue weighted by molar-refractivity contribution is -0.180. The molecule has 0 bridgehead atoms. The molecule has 1 amide bonds. The van der Waals surface area contributed by atoms with Crippen LogP contribution in [0.15, 0.2) is 5.10 Å². The predicted octanol–water partition coefficient (Wildman–Crippen LogP) is 0.959. The first-order chi connectivity index (χ1) is 5.79. The summed E-state index contributed by atoms with van der Waals surface area (Å²) in [5.41, 5.74) is -1.56. The molecule has 4 heteroatoms. The monoisotopic (exact) mass is 184 g/mol. The summed E-state index contributed by atoms with van der Waals surface area (Å²) in [4.78, 5) is 11.2. The third-order valence-electron chi connectivity index (χ3n) is 2.42. The molecule has 0 radical (unpaired) electrons. The SMILES string of the molecule is CC(=O)N1N=CCC1(O)C(C)(C)C. The van der Waals surface area contributed by atoms with Crippen LogP contribution in [0.2, 0.25) is 0 Å². The quantitative estimate of drug-likeness (QED) is 0.609. The molecule has 1 rings (SSSR count). The van der Waals surface area contributed by atoms with E-state index in [-0.39, 0.29) is 5.91 Å². The Labute approximate surface area is 78.2 Å². The van der Waals surface area contributed by atoms with Crippen molar-refractivity contribution in [2.45, 2.75) is 39.8 Å². The van der Waals surface area contributed by atoms with Gasteiger partial charge in [0.25, 0.3) is 0 Å². The lowest BCUT2D eigenvalue weighted by atomic mass is 9.81. The van der Waals surface area contributed by atoms with Gasteiger partial charge in [0, 0.05) is 25.0 Å². The molecule has 13 heavy (non-hydrogen) atoms. The zero-order valence-corrected chi connectivity index (χ0v) is 8.53. The zero-order chi connectivity index (χ0) is 10.3. The second kappa shape index (κ2) is 2.80. The van der Waals surface area contributed by atoms with E-state index in [4.69, 9.17) is 0 Å². The third kappa shape index (κ3) is 1.46. The highest BCUT2D eigenvalue weighted by Crippen LogP contribution is 2.38. The van der Waals surface area contributed by atoms with E-state index in [1.54, 1.807) is 6.21 Å². The molecule has 0 aromatic heterocycles. The maximum atomic E-state index is 11.2. The minimum atomic E-state index is -1.17. The van der Waals surface area contributed by atoms with E-state index < -0.39 is 11.1 Å². The average Bonchev–Trinajstić information content (AvgIpc) is 2.30. The van der Waals surface area contributed by atoms with Crippen LogP contribution in [0.4, 0.5) is 0 Å². The zero-order valence-electron chi connectivity index (χ0n) is 8.53. The summed E-state index contributed by atoms with van der Waals surface area (Å²) >= 11 is 0. The summed E-state index contributed by atoms with van der Waals surface area (Å²) in [6.07, 6.45) is 1.97. The molecule has 1 unspecified atom stereocenters. The van der Waals surface area contributed by atoms with E-state index in [0.717, 1.165) is 5.01 Å². The Morgan fingerprint density at radius 3 is 2.46 bits per heavy atom. The van der Waals surface area contributed by atoms with E-state index in [9.17, 15) is 9.90 Å². The largest absolute Gasteiger partial charge is 0.368 e. The lowest BCUT2D eigenvalue weighted by Gasteiger charge is -2.41. The summed E-state index contributed by atoms with van der Waals surface area (Å²) in [6.45, 7) is 7.06. The standard InChI is InChI=1S/C9H16N2O2/c1-7(12)11-9(13,5-6-10-11)8(2,3)4/h6,13H,5H2,1-4H3. The fraction of sp³-hybridized carbons (Fsp3) is 0.778. The second-order valence-electron chi connectivity index (χ2n) is 4.40. The van der Waals surface area contributed by atoms with E-state index in [1.807, 2.05) is 20.8 Å². The van der Waals surface area contributed by atoms with Gasteiger partial charge in [-0.15, -0.1) is 0 Å². The normalized spacial score (nSPS) is 28.2. The van der Waals surface area contributed by atoms with E-state index >= 15 is 0 Å². The van der Waals surface area contributed by atoms with Gasteiger partial charge in [0.05, 0.1) is 0 Å². The van der Waals surface area contributed by atoms with Gasteiger partial charge < -0.3 is 5.11 Å². The van der Waals surface area contributed by atoms with E-state index in [1.165, 1.54) is 6.92 Å². The minimum absolute atomic E-state index is 0.230. The van der Waals surface area contributed by atoms with Crippen molar-refractivity contribution in [2.24, 2.45) is 10.5 Å². The maximum absolute atomic E-state index is 11.2. The predicted molar refractivity (Wildman–Crippen MR) is 50.0 cm³/mol. The number of hydrogen-bond acceptors (Lipinski definition) is 3. The van der Waals surface area contributed by atoms with Crippen molar-refractivity contribution in [1.82, 2.24) is 5.01 Å². The molecule has 1 atom stereocenters. The van der Waals surface area contributed by atoms with Crippen LogP contribution in [0, 0.1) is 5.41 Å². The van der Waals surface area contributed by atoms with Crippen molar-refractivity contribution in [3.63, 3.8) is 0 Å². The van der Waals surface area contributed by atoms with Gasteiger partial charge in [0.15, 0.2) is 5.72 Å². The molecular weight excluding hydrogens is 168 g/mol. The molecule has 0 aromatic carbocycles. The third-order valence-corrected chi connectivity index (χ3v) is 2.42. The summed E-state index contributed by atoms with van der Waals surface area (Å²) in [5, 5.41) is 15.3. The molecule has 0 spiro atoms. The smallest absolute Gasteiger partial charge is 0.242 e. The molecule has 0 aliphatic carbocycles. The molecule has 1 N–H and O–H groups in total. The van der Waals surface area contributed by atoms with Gasteiger partial charge in [-0.05, 0) is 0 Å². The first-order valence-electron chi connectivity index (χ1n) is 4.34. The maximum Gasteiger partial charge on any atom is 0.242 e. The lowest BCUT2D eigenvalue weighted by Crippen LogP contribution is -2.54. The van der Waals surface area contributed by atoms with Crippen LogP contribution in [-0.2, 0) is 4.79 Å². The molecule has 1 heterocycles. The van der Waals surface area contributed by atoms with Crippen LogP contribution in [0.1, 0.15) is 34.1 Å². The van der Waals surface area contributed by atoms with E-state index in [2.05, 4.69) is 5.10 Å². The van der Waals surface area contributed by atoms with Crippen molar-refractivity contribution in [1.29, 1.82) is 0 Å². The van der Waals surface area contributed by atoms with Crippen molar-refractivity contribution in [3.05, 3.63) is 0 Å². The number of carbonyl (C=O) groups is 1. The fourth-order valence-electron chi connectivity index (χ4n) is 1.40. The highest BCUT2D eigenvalue weighted by Gasteiger charge is 2.48. The van der Waals surface area contributed by atoms with Gasteiger partial charge in [-0.3, -0.25) is 4.79 Å². The molecule has 1 aliphatic heterocycles. The first-order valence-corrected chi connectivity index (χ1v) is 4.34. The highest BCUT2D eigenvalue weighted by molar-refractivity contribution is 5.78. The Morgan fingerprint density at radius 2 is 2.15 bits per heavy atom. The van der Waals surface area contributed by atoms with Gasteiger partial charge in [-0.2, -0.15) is 5.10 Å². The first kappa shape index (κ1) is 10.2. The summed E-state index contributed by atoms with van der Waals surface area (Å²) in [6, 6.07) is 0. The van der Waals surface area contributed by atoms with Gasteiger partial charge in [0.1, 0.15) is 0 Å². The van der Waals surface area contributed by atoms with Crippen LogP contribution in [0.3, 0.4) is 0 Å². The summed E-state index contributed by atoms with van der Waals surface area (Å²) < 4.78 is 0. The summed E-state index contributed by atoms with van der Waals surface area (Å²) in [5.74, 6) is -0.230. The number of hydrazone groups is 1. The molecule has 0 saturated heterocycles. The Balaban J connectivity index is 2.99. The molecule has 74 valence electrons. The Hall–Kier alpha value is -0.900. The fourth-order valence-corrected chi connectivity index (χ4v) is 1.40. The number of aliphatic hydroxyl groups is 1. The molecule has 1 aliphatic rings. The molecule has 0 saturated carbocycles. The van der Waals surface area contributed by atoms with Crippen molar-refractivity contribution in [2.75, 3.05) is 0 Å². The van der Waals surface area contributed by atoms with Crippen molar-refractivity contribution >= 4 is 12.1 Å². The second-order valence-corrected chi connectivity index (χ2v) is 4.40. The van der Waals surface area contributed by atoms with Crippen molar-refractivity contribution < 1.29 is 9.90 Å². The minimum Gasteiger partial charge on any atom is -0.368 e. The topological polar surface area (TPSA) is 52.9 Å². The van der Waals surface area contributed by atoms with E-state index in [0.29, 0.717) is 6.42 Å². The van der Waals surface area contributed by atoms with Gasteiger partial charge in [-0.25, -0.2) is 5.01 Å². The highest BCUT2D eigenvalue weighted by atomic mass is 16.3. The number of rotatable bonds is 0. The summed E-state index contributed by atoms with van der Waals surface area (Å²) in [7, 11) is 0. The van der Waals surface area contributed by atoms with Gasteiger partial charge in [-0.1, -0.05) is 20.8 Å². The Bertz CT molecular complexity index is 255. The van der Waals surface area contributed by atoms with Crippen LogP contribution in [-0.4, -0.2) is 28.0 Å². The van der Waals surface area contributed by atoms with Crippen LogP contribution in [0.25, 0.3) is 0 Å². The average molecular weight is 184 g/mol.